The zero-order valence-corrected chi connectivity index (χ0v) is 8.01. The van der Waals surface area contributed by atoms with Crippen molar-refractivity contribution in [2.75, 3.05) is 0 Å². The zero-order chi connectivity index (χ0) is 10.7. The summed E-state index contributed by atoms with van der Waals surface area (Å²) in [6.45, 7) is 0. The summed E-state index contributed by atoms with van der Waals surface area (Å²) in [5.74, 6) is -1.18. The molecule has 2 rings (SSSR count). The van der Waals surface area contributed by atoms with E-state index in [9.17, 15) is 9.90 Å². The Labute approximate surface area is 87.5 Å². The topological polar surface area (TPSA) is 40.1 Å². The molecule has 0 N–H and O–H groups in total. The van der Waals surface area contributed by atoms with Crippen LogP contribution in [0.2, 0.25) is 0 Å². The number of benzene rings is 2. The quantitative estimate of drug-likeness (QED) is 0.686. The average Bonchev–Trinajstić information content (AvgIpc) is 2.26. The fraction of sp³-hybridized carbons (Fsp3) is 0. The maximum Gasteiger partial charge on any atom is 0.0643 e. The number of fused-ring (bicyclic) bond motifs is 1. The van der Waals surface area contributed by atoms with Gasteiger partial charge in [-0.25, -0.2) is 0 Å². The number of aliphatic carboxylic acids is 1. The Morgan fingerprint density at radius 2 is 1.80 bits per heavy atom. The normalized spacial score (nSPS) is 10.9. The molecule has 0 aliphatic carbocycles. The summed E-state index contributed by atoms with van der Waals surface area (Å²) in [5, 5.41) is 12.5. The molecule has 0 amide bonds. The lowest BCUT2D eigenvalue weighted by molar-refractivity contribution is -0.297. The number of carbonyl (C=O) groups is 1. The molecule has 2 aromatic carbocycles. The molecule has 0 bridgehead atoms. The van der Waals surface area contributed by atoms with Gasteiger partial charge in [0.1, 0.15) is 0 Å². The molecule has 2 heteroatoms. The second kappa shape index (κ2) is 3.96. The van der Waals surface area contributed by atoms with Crippen molar-refractivity contribution in [3.05, 3.63) is 54.1 Å². The fourth-order valence-corrected chi connectivity index (χ4v) is 1.48. The number of carboxylic acids is 1. The molecule has 0 aromatic heterocycles. The van der Waals surface area contributed by atoms with Crippen LogP contribution in [0.15, 0.2) is 48.5 Å². The van der Waals surface area contributed by atoms with Crippen LogP contribution >= 0.6 is 0 Å². The van der Waals surface area contributed by atoms with E-state index < -0.39 is 5.97 Å². The van der Waals surface area contributed by atoms with E-state index in [1.165, 1.54) is 6.08 Å². The van der Waals surface area contributed by atoms with Crippen molar-refractivity contribution in [3.63, 3.8) is 0 Å². The molecule has 0 saturated heterocycles. The van der Waals surface area contributed by atoms with E-state index >= 15 is 0 Å². The first-order valence-electron chi connectivity index (χ1n) is 4.63. The van der Waals surface area contributed by atoms with Crippen LogP contribution in [0.4, 0.5) is 0 Å². The predicted molar refractivity (Wildman–Crippen MR) is 58.0 cm³/mol. The summed E-state index contributed by atoms with van der Waals surface area (Å²) in [6.07, 6.45) is 2.56. The Morgan fingerprint density at radius 1 is 1.07 bits per heavy atom. The van der Waals surface area contributed by atoms with E-state index in [0.29, 0.717) is 0 Å². The van der Waals surface area contributed by atoms with Gasteiger partial charge in [0.15, 0.2) is 0 Å². The van der Waals surface area contributed by atoms with Crippen molar-refractivity contribution in [1.82, 2.24) is 0 Å². The highest BCUT2D eigenvalue weighted by atomic mass is 16.4. The monoisotopic (exact) mass is 197 g/mol. The van der Waals surface area contributed by atoms with Gasteiger partial charge in [-0.3, -0.25) is 0 Å². The Bertz CT molecular complexity index is 527. The largest absolute Gasteiger partial charge is 0.545 e. The Morgan fingerprint density at radius 3 is 2.53 bits per heavy atom. The second-order valence-corrected chi connectivity index (χ2v) is 3.26. The molecule has 0 radical (unpaired) electrons. The Balaban J connectivity index is 2.43. The highest BCUT2D eigenvalue weighted by Gasteiger charge is 1.92. The highest BCUT2D eigenvalue weighted by molar-refractivity contribution is 5.87. The van der Waals surface area contributed by atoms with Crippen LogP contribution < -0.4 is 5.11 Å². The van der Waals surface area contributed by atoms with E-state index in [0.717, 1.165) is 22.4 Å². The maximum absolute atomic E-state index is 10.2. The molecule has 0 atom stereocenters. The van der Waals surface area contributed by atoms with E-state index in [-0.39, 0.29) is 0 Å². The number of carboxylic acid groups (broad SMARTS) is 1. The van der Waals surface area contributed by atoms with Gasteiger partial charge in [-0.1, -0.05) is 42.5 Å². The molecule has 0 aliphatic rings. The molecule has 0 heterocycles. The van der Waals surface area contributed by atoms with E-state index in [1.54, 1.807) is 0 Å². The lowest BCUT2D eigenvalue weighted by Gasteiger charge is -1.99. The van der Waals surface area contributed by atoms with Crippen molar-refractivity contribution in [2.45, 2.75) is 0 Å². The lowest BCUT2D eigenvalue weighted by atomic mass is 10.1. The van der Waals surface area contributed by atoms with Gasteiger partial charge in [0.2, 0.25) is 0 Å². The SMILES string of the molecule is O=C([O-])/C=C/c1ccc2ccccc2c1. The van der Waals surface area contributed by atoms with E-state index in [4.69, 9.17) is 0 Å². The molecule has 15 heavy (non-hydrogen) atoms. The third-order valence-electron chi connectivity index (χ3n) is 2.19. The first-order valence-corrected chi connectivity index (χ1v) is 4.63. The number of rotatable bonds is 2. The molecular formula is C13H9O2-. The molecule has 0 unspecified atom stereocenters. The van der Waals surface area contributed by atoms with Gasteiger partial charge in [0, 0.05) is 0 Å². The Hall–Kier alpha value is -2.09. The van der Waals surface area contributed by atoms with Crippen molar-refractivity contribution in [3.8, 4) is 0 Å². The summed E-state index contributed by atoms with van der Waals surface area (Å²) in [5.41, 5.74) is 0.859. The van der Waals surface area contributed by atoms with Gasteiger partial charge in [0.05, 0.1) is 5.97 Å². The second-order valence-electron chi connectivity index (χ2n) is 3.26. The summed E-state index contributed by atoms with van der Waals surface area (Å²) < 4.78 is 0. The van der Waals surface area contributed by atoms with Gasteiger partial charge in [-0.2, -0.15) is 0 Å². The van der Waals surface area contributed by atoms with Crippen LogP contribution in [0.1, 0.15) is 5.56 Å². The lowest BCUT2D eigenvalue weighted by Crippen LogP contribution is -2.18. The molecule has 74 valence electrons. The summed E-state index contributed by atoms with van der Waals surface area (Å²) in [4.78, 5) is 10.2. The zero-order valence-electron chi connectivity index (χ0n) is 8.01. The summed E-state index contributed by atoms with van der Waals surface area (Å²) >= 11 is 0. The van der Waals surface area contributed by atoms with Crippen molar-refractivity contribution < 1.29 is 9.90 Å². The third kappa shape index (κ3) is 2.23. The minimum absolute atomic E-state index is 0.859. The molecule has 0 spiro atoms. The van der Waals surface area contributed by atoms with Gasteiger partial charge in [0.25, 0.3) is 0 Å². The van der Waals surface area contributed by atoms with Crippen LogP contribution in [-0.4, -0.2) is 5.97 Å². The summed E-state index contributed by atoms with van der Waals surface area (Å²) in [7, 11) is 0. The average molecular weight is 197 g/mol. The van der Waals surface area contributed by atoms with Crippen LogP contribution in [0.3, 0.4) is 0 Å². The standard InChI is InChI=1S/C13H10O2/c14-13(15)8-6-10-5-7-11-3-1-2-4-12(11)9-10/h1-9H,(H,14,15)/p-1/b8-6+. The number of hydrogen-bond acceptors (Lipinski definition) is 2. The third-order valence-corrected chi connectivity index (χ3v) is 2.19. The van der Waals surface area contributed by atoms with Crippen LogP contribution in [0.5, 0.6) is 0 Å². The highest BCUT2D eigenvalue weighted by Crippen LogP contribution is 2.16. The van der Waals surface area contributed by atoms with Gasteiger partial charge in [-0.15, -0.1) is 0 Å². The molecule has 0 saturated carbocycles. The smallest absolute Gasteiger partial charge is 0.0643 e. The minimum atomic E-state index is -1.18. The van der Waals surface area contributed by atoms with Crippen LogP contribution in [-0.2, 0) is 4.79 Å². The van der Waals surface area contributed by atoms with Crippen LogP contribution in [0.25, 0.3) is 16.8 Å². The van der Waals surface area contributed by atoms with Gasteiger partial charge >= 0.3 is 0 Å². The Kier molecular flexibility index (Phi) is 2.50. The summed E-state index contributed by atoms with van der Waals surface area (Å²) in [6, 6.07) is 13.7. The van der Waals surface area contributed by atoms with Crippen LogP contribution in [0, 0.1) is 0 Å². The first-order chi connectivity index (χ1) is 7.25. The predicted octanol–water partition coefficient (Wildman–Crippen LogP) is 1.60. The van der Waals surface area contributed by atoms with Crippen molar-refractivity contribution in [2.24, 2.45) is 0 Å². The first kappa shape index (κ1) is 9.46. The van der Waals surface area contributed by atoms with Gasteiger partial charge < -0.3 is 9.90 Å². The molecule has 0 fully saturated rings. The van der Waals surface area contributed by atoms with E-state index in [2.05, 4.69) is 0 Å². The van der Waals surface area contributed by atoms with Crippen molar-refractivity contribution in [1.29, 1.82) is 0 Å². The van der Waals surface area contributed by atoms with E-state index in [1.807, 2.05) is 42.5 Å². The molecule has 2 nitrogen and oxygen atoms in total. The fourth-order valence-electron chi connectivity index (χ4n) is 1.48. The minimum Gasteiger partial charge on any atom is -0.545 e. The number of hydrogen-bond donors (Lipinski definition) is 0. The maximum atomic E-state index is 10.2. The molecule has 0 aliphatic heterocycles. The number of carbonyl (C=O) groups excluding carboxylic acids is 1. The molecular weight excluding hydrogens is 188 g/mol. The van der Waals surface area contributed by atoms with Gasteiger partial charge in [-0.05, 0) is 28.5 Å². The molecule has 2 aromatic rings. The van der Waals surface area contributed by atoms with Crippen molar-refractivity contribution >= 4 is 22.8 Å².